The second kappa shape index (κ2) is 9.26. The summed E-state index contributed by atoms with van der Waals surface area (Å²) in [6.45, 7) is 0.252. The van der Waals surface area contributed by atoms with Gasteiger partial charge in [0.2, 0.25) is 6.79 Å². The Labute approximate surface area is 221 Å². The molecule has 0 saturated carbocycles. The number of esters is 1. The largest absolute Gasteiger partial charge is 0.548 e. The summed E-state index contributed by atoms with van der Waals surface area (Å²) in [6.07, 6.45) is 0.0907. The van der Waals surface area contributed by atoms with Crippen molar-refractivity contribution in [1.82, 2.24) is 14.9 Å². The highest BCUT2D eigenvalue weighted by Crippen LogP contribution is 2.44. The van der Waals surface area contributed by atoms with Crippen LogP contribution in [0.2, 0.25) is 0 Å². The molecule has 0 saturated heterocycles. The van der Waals surface area contributed by atoms with Crippen LogP contribution in [0.5, 0.6) is 11.5 Å². The second-order valence-electron chi connectivity index (χ2n) is 9.92. The van der Waals surface area contributed by atoms with Gasteiger partial charge < -0.3 is 50.1 Å². The average molecular weight is 540 g/mol. The van der Waals surface area contributed by atoms with Gasteiger partial charge in [0, 0.05) is 29.1 Å². The molecule has 5 heterocycles. The number of pyridine rings is 2. The van der Waals surface area contributed by atoms with Crippen molar-refractivity contribution in [2.24, 2.45) is 0 Å². The van der Waals surface area contributed by atoms with Crippen molar-refractivity contribution in [3.63, 3.8) is 0 Å². The van der Waals surface area contributed by atoms with Crippen LogP contribution >= 0.6 is 0 Å². The van der Waals surface area contributed by atoms with Crippen LogP contribution in [0.4, 0.5) is 0 Å². The second-order valence-corrected chi connectivity index (χ2v) is 9.92. The van der Waals surface area contributed by atoms with Gasteiger partial charge in [-0.25, -0.2) is 9.78 Å². The molecule has 3 aliphatic rings. The summed E-state index contributed by atoms with van der Waals surface area (Å²) >= 11 is 0. The van der Waals surface area contributed by atoms with E-state index in [1.54, 1.807) is 29.7 Å². The average Bonchev–Trinajstić information content (AvgIpc) is 3.57. The number of carbonyl (C=O) groups excluding carboxylic acids is 1. The van der Waals surface area contributed by atoms with E-state index >= 15 is 0 Å². The molecule has 2 aromatic heterocycles. The molecule has 5 N–H and O–H groups in total. The maximum atomic E-state index is 13.7. The lowest BCUT2D eigenvalue weighted by atomic mass is 9.86. The summed E-state index contributed by atoms with van der Waals surface area (Å²) in [5.74, 6) is 7.99. The molecule has 3 aliphatic heterocycles. The SMILES string of the molecule is CC[C@@]1(O[NH-])C(=O)OCc2c1cc1n(c2=O)Cc2c-1nc1cc3c(cc1c2CNC(CO)(CO)CO)OCO3. The van der Waals surface area contributed by atoms with Crippen molar-refractivity contribution in [2.75, 3.05) is 26.6 Å². The van der Waals surface area contributed by atoms with Crippen LogP contribution in [-0.2, 0) is 39.7 Å². The third-order valence-corrected chi connectivity index (χ3v) is 7.99. The number of aliphatic hydroxyl groups excluding tert-OH is 3. The standard InChI is InChI=1S/C26H27N4O9/c1-2-26(39-27)17-4-19-22-15(7-30(19)23(34)16(17)8-36-24(26)35)14(6-28-25(9-31,10-32)11-33)13-3-20-21(38-12-37-20)5-18(13)29-22/h3-5,27-28,31-33H,2,6-12H2,1H3/q-1/t26-/m0/s1. The van der Waals surface area contributed by atoms with E-state index in [4.69, 9.17) is 29.9 Å². The molecule has 6 rings (SSSR count). The zero-order valence-electron chi connectivity index (χ0n) is 21.1. The number of ether oxygens (including phenoxy) is 3. The van der Waals surface area contributed by atoms with Gasteiger partial charge in [-0.15, -0.1) is 0 Å². The van der Waals surface area contributed by atoms with Crippen LogP contribution in [0.1, 0.15) is 35.6 Å². The molecule has 1 atom stereocenters. The summed E-state index contributed by atoms with van der Waals surface area (Å²) in [5.41, 5.74) is -0.00346. The normalized spacial score (nSPS) is 19.2. The molecule has 3 aromatic rings. The van der Waals surface area contributed by atoms with Gasteiger partial charge in [0.1, 0.15) is 6.61 Å². The van der Waals surface area contributed by atoms with Crippen molar-refractivity contribution < 1.29 is 39.2 Å². The number of carbonyl (C=O) groups is 1. The minimum Gasteiger partial charge on any atom is -0.548 e. The Hall–Kier alpha value is -3.59. The minimum atomic E-state index is -1.73. The highest BCUT2D eigenvalue weighted by molar-refractivity contribution is 5.91. The topological polar surface area (TPSA) is 185 Å². The number of rotatable bonds is 8. The zero-order chi connectivity index (χ0) is 27.5. The van der Waals surface area contributed by atoms with Crippen LogP contribution < -0.4 is 20.3 Å². The van der Waals surface area contributed by atoms with Crippen LogP contribution in [0.3, 0.4) is 0 Å². The molecule has 13 heteroatoms. The molecule has 0 radical (unpaired) electrons. The van der Waals surface area contributed by atoms with Crippen molar-refractivity contribution >= 4 is 16.9 Å². The number of aromatic nitrogens is 2. The Morgan fingerprint density at radius 2 is 1.82 bits per heavy atom. The van der Waals surface area contributed by atoms with E-state index in [0.29, 0.717) is 39.4 Å². The molecule has 13 nitrogen and oxygen atoms in total. The zero-order valence-corrected chi connectivity index (χ0v) is 21.1. The molecular formula is C26H27N4O9-. The first kappa shape index (κ1) is 25.7. The predicted octanol–water partition coefficient (Wildman–Crippen LogP) is 0.605. The first-order valence-electron chi connectivity index (χ1n) is 12.5. The van der Waals surface area contributed by atoms with E-state index in [0.717, 1.165) is 5.56 Å². The lowest BCUT2D eigenvalue weighted by Crippen LogP contribution is -2.54. The Kier molecular flexibility index (Phi) is 6.10. The molecule has 0 spiro atoms. The number of nitrogens with zero attached hydrogens (tertiary/aromatic N) is 2. The monoisotopic (exact) mass is 539 g/mol. The fourth-order valence-electron chi connectivity index (χ4n) is 5.50. The number of cyclic esters (lactones) is 1. The molecule has 1 aromatic carbocycles. The maximum Gasteiger partial charge on any atom is 0.341 e. The number of benzene rings is 1. The Balaban J connectivity index is 1.58. The van der Waals surface area contributed by atoms with Gasteiger partial charge in [0.25, 0.3) is 5.56 Å². The number of nitrogens with one attached hydrogen (secondary N) is 2. The van der Waals surface area contributed by atoms with Crippen molar-refractivity contribution in [2.45, 2.75) is 44.2 Å². The van der Waals surface area contributed by atoms with Crippen LogP contribution in [0, 0.1) is 0 Å². The fraction of sp³-hybridized carbons (Fsp3) is 0.423. The van der Waals surface area contributed by atoms with E-state index in [2.05, 4.69) is 5.32 Å². The number of hydrogen-bond donors (Lipinski definition) is 4. The van der Waals surface area contributed by atoms with Gasteiger partial charge in [-0.05, 0) is 24.1 Å². The van der Waals surface area contributed by atoms with Gasteiger partial charge in [-0.3, -0.25) is 4.79 Å². The van der Waals surface area contributed by atoms with E-state index < -0.39 is 36.9 Å². The number of fused-ring (bicyclic) bond motifs is 6. The highest BCUT2D eigenvalue weighted by atomic mass is 16.7. The third kappa shape index (κ3) is 3.58. The van der Waals surface area contributed by atoms with Gasteiger partial charge in [0.05, 0.1) is 54.4 Å². The van der Waals surface area contributed by atoms with E-state index in [1.807, 2.05) is 0 Å². The smallest absolute Gasteiger partial charge is 0.341 e. The lowest BCUT2D eigenvalue weighted by molar-refractivity contribution is -0.173. The summed E-state index contributed by atoms with van der Waals surface area (Å²) in [7, 11) is 0. The first-order valence-corrected chi connectivity index (χ1v) is 12.5. The number of aliphatic hydroxyl groups is 3. The van der Waals surface area contributed by atoms with Crippen LogP contribution in [0.25, 0.3) is 28.2 Å². The van der Waals surface area contributed by atoms with Crippen molar-refractivity contribution in [3.8, 4) is 22.9 Å². The van der Waals surface area contributed by atoms with Crippen LogP contribution in [-0.4, -0.2) is 63.0 Å². The molecule has 0 bridgehead atoms. The molecular weight excluding hydrogens is 512 g/mol. The Morgan fingerprint density at radius 3 is 2.49 bits per heavy atom. The van der Waals surface area contributed by atoms with E-state index in [-0.39, 0.29) is 49.6 Å². The summed E-state index contributed by atoms with van der Waals surface area (Å²) in [4.78, 5) is 36.2. The summed E-state index contributed by atoms with van der Waals surface area (Å²) in [5, 5.41) is 33.4. The maximum absolute atomic E-state index is 13.7. The van der Waals surface area contributed by atoms with E-state index in [1.165, 1.54) is 0 Å². The molecule has 39 heavy (non-hydrogen) atoms. The molecule has 0 unspecified atom stereocenters. The van der Waals surface area contributed by atoms with Crippen LogP contribution in [0.15, 0.2) is 23.0 Å². The molecule has 206 valence electrons. The highest BCUT2D eigenvalue weighted by Gasteiger charge is 2.46. The van der Waals surface area contributed by atoms with Gasteiger partial charge >= 0.3 is 5.97 Å². The predicted molar refractivity (Wildman–Crippen MR) is 135 cm³/mol. The van der Waals surface area contributed by atoms with E-state index in [9.17, 15) is 24.9 Å². The molecule has 0 aliphatic carbocycles. The third-order valence-electron chi connectivity index (χ3n) is 7.99. The van der Waals surface area contributed by atoms with Gasteiger partial charge in [-0.1, -0.05) is 6.92 Å². The first-order chi connectivity index (χ1) is 18.8. The van der Waals surface area contributed by atoms with Crippen molar-refractivity contribution in [3.05, 3.63) is 56.7 Å². The van der Waals surface area contributed by atoms with Crippen molar-refractivity contribution in [1.29, 1.82) is 0 Å². The Morgan fingerprint density at radius 1 is 1.10 bits per heavy atom. The number of hydrogen-bond acceptors (Lipinski definition) is 11. The van der Waals surface area contributed by atoms with Gasteiger partial charge in [0.15, 0.2) is 17.1 Å². The summed E-state index contributed by atoms with van der Waals surface area (Å²) in [6, 6.07) is 5.20. The molecule has 0 fully saturated rings. The minimum absolute atomic E-state index is 0.0638. The Bertz CT molecular complexity index is 1550. The molecule has 0 amide bonds. The fourth-order valence-corrected chi connectivity index (χ4v) is 5.50. The van der Waals surface area contributed by atoms with Gasteiger partial charge in [-0.2, -0.15) is 0 Å². The quantitative estimate of drug-likeness (QED) is 0.182. The lowest BCUT2D eigenvalue weighted by Gasteiger charge is -2.38. The summed E-state index contributed by atoms with van der Waals surface area (Å²) < 4.78 is 17.9.